The maximum atomic E-state index is 13.1. The predicted octanol–water partition coefficient (Wildman–Crippen LogP) is 3.13. The van der Waals surface area contributed by atoms with Crippen molar-refractivity contribution in [3.63, 3.8) is 0 Å². The highest BCUT2D eigenvalue weighted by Crippen LogP contribution is 2.34. The first-order valence-electron chi connectivity index (χ1n) is 10.2. The van der Waals surface area contributed by atoms with Gasteiger partial charge in [-0.15, -0.1) is 0 Å². The summed E-state index contributed by atoms with van der Waals surface area (Å²) in [7, 11) is -2.41. The van der Waals surface area contributed by atoms with Crippen molar-refractivity contribution in [2.75, 3.05) is 29.9 Å². The first-order valence-corrected chi connectivity index (χ1v) is 11.7. The van der Waals surface area contributed by atoms with Gasteiger partial charge in [0.1, 0.15) is 16.7 Å². The smallest absolute Gasteiger partial charge is 0.265 e. The quantitative estimate of drug-likeness (QED) is 0.761. The zero-order valence-corrected chi connectivity index (χ0v) is 18.0. The molecule has 1 N–H and O–H groups in total. The number of rotatable bonds is 6. The zero-order valence-electron chi connectivity index (χ0n) is 17.2. The lowest BCUT2D eigenvalue weighted by atomic mass is 10.1. The average molecular weight is 431 g/mol. The van der Waals surface area contributed by atoms with Crippen LogP contribution in [-0.4, -0.2) is 40.7 Å². The van der Waals surface area contributed by atoms with Crippen molar-refractivity contribution in [3.05, 3.63) is 47.5 Å². The molecule has 0 spiro atoms. The standard InChI is InChI=1S/C22H26N2O5S/c1-3-15-6-9-19(28-2)21(13-15)30(26,27)23-17-8-7-16-10-11-24(18(16)14-17)22(25)20-5-4-12-29-20/h6-9,13-14,20,23H,3-5,10-12H2,1-2H3. The highest BCUT2D eigenvalue weighted by atomic mass is 32.2. The molecule has 0 aromatic heterocycles. The molecular weight excluding hydrogens is 404 g/mol. The van der Waals surface area contributed by atoms with Gasteiger partial charge in [-0.3, -0.25) is 9.52 Å². The van der Waals surface area contributed by atoms with E-state index in [0.29, 0.717) is 25.3 Å². The molecular formula is C22H26N2O5S. The van der Waals surface area contributed by atoms with Gasteiger partial charge in [0.2, 0.25) is 0 Å². The number of ether oxygens (including phenoxy) is 2. The minimum Gasteiger partial charge on any atom is -0.495 e. The van der Waals surface area contributed by atoms with Crippen LogP contribution in [0.15, 0.2) is 41.3 Å². The van der Waals surface area contributed by atoms with Crippen LogP contribution in [0.2, 0.25) is 0 Å². The second kappa shape index (κ2) is 8.28. The summed E-state index contributed by atoms with van der Waals surface area (Å²) >= 11 is 0. The number of anilines is 2. The first kappa shape index (κ1) is 20.7. The van der Waals surface area contributed by atoms with Crippen LogP contribution >= 0.6 is 0 Å². The van der Waals surface area contributed by atoms with Gasteiger partial charge >= 0.3 is 0 Å². The van der Waals surface area contributed by atoms with E-state index in [1.54, 1.807) is 29.2 Å². The van der Waals surface area contributed by atoms with Crippen molar-refractivity contribution < 1.29 is 22.7 Å². The molecule has 1 fully saturated rings. The van der Waals surface area contributed by atoms with Gasteiger partial charge in [0.05, 0.1) is 12.8 Å². The Hall–Kier alpha value is -2.58. The average Bonchev–Trinajstić information content (AvgIpc) is 3.42. The largest absolute Gasteiger partial charge is 0.495 e. The Morgan fingerprint density at radius 1 is 1.27 bits per heavy atom. The van der Waals surface area contributed by atoms with Crippen molar-refractivity contribution in [2.45, 2.75) is 43.6 Å². The fourth-order valence-corrected chi connectivity index (χ4v) is 5.25. The Kier molecular flexibility index (Phi) is 5.71. The number of nitrogens with one attached hydrogen (secondary N) is 1. The fourth-order valence-electron chi connectivity index (χ4n) is 3.98. The number of methoxy groups -OCH3 is 1. The Labute approximate surface area is 177 Å². The van der Waals surface area contributed by atoms with Crippen LogP contribution in [0.5, 0.6) is 5.75 Å². The molecule has 160 valence electrons. The maximum Gasteiger partial charge on any atom is 0.265 e. The van der Waals surface area contributed by atoms with Crippen LogP contribution in [0.4, 0.5) is 11.4 Å². The summed E-state index contributed by atoms with van der Waals surface area (Å²) in [5.74, 6) is 0.236. The van der Waals surface area contributed by atoms with Crippen molar-refractivity contribution >= 4 is 27.3 Å². The number of hydrogen-bond acceptors (Lipinski definition) is 5. The van der Waals surface area contributed by atoms with Gasteiger partial charge in [-0.05, 0) is 61.1 Å². The van der Waals surface area contributed by atoms with E-state index in [1.807, 2.05) is 19.1 Å². The number of carbonyl (C=O) groups is 1. The van der Waals surface area contributed by atoms with Crippen LogP contribution in [0.3, 0.4) is 0 Å². The summed E-state index contributed by atoms with van der Waals surface area (Å²) in [5.41, 5.74) is 3.07. The van der Waals surface area contributed by atoms with Crippen molar-refractivity contribution in [1.82, 2.24) is 0 Å². The normalized spacial score (nSPS) is 18.3. The Morgan fingerprint density at radius 3 is 2.80 bits per heavy atom. The summed E-state index contributed by atoms with van der Waals surface area (Å²) in [5, 5.41) is 0. The lowest BCUT2D eigenvalue weighted by Gasteiger charge is -2.21. The number of amides is 1. The third kappa shape index (κ3) is 3.89. The van der Waals surface area contributed by atoms with Gasteiger partial charge in [0.15, 0.2) is 0 Å². The molecule has 4 rings (SSSR count). The number of carbonyl (C=O) groups excluding carboxylic acids is 1. The van der Waals surface area contributed by atoms with Gasteiger partial charge in [-0.25, -0.2) is 8.42 Å². The highest BCUT2D eigenvalue weighted by Gasteiger charge is 2.33. The van der Waals surface area contributed by atoms with E-state index < -0.39 is 16.1 Å². The number of nitrogens with zero attached hydrogens (tertiary/aromatic N) is 1. The van der Waals surface area contributed by atoms with Gasteiger partial charge in [0, 0.05) is 18.8 Å². The van der Waals surface area contributed by atoms with Gasteiger partial charge in [0.25, 0.3) is 15.9 Å². The summed E-state index contributed by atoms with van der Waals surface area (Å²) < 4.78 is 39.6. The van der Waals surface area contributed by atoms with Crippen molar-refractivity contribution in [2.24, 2.45) is 0 Å². The topological polar surface area (TPSA) is 84.9 Å². The van der Waals surface area contributed by atoms with Crippen LogP contribution in [0, 0.1) is 0 Å². The molecule has 1 unspecified atom stereocenters. The molecule has 2 aromatic rings. The summed E-state index contributed by atoms with van der Waals surface area (Å²) in [6, 6.07) is 10.5. The molecule has 8 heteroatoms. The molecule has 2 aromatic carbocycles. The molecule has 30 heavy (non-hydrogen) atoms. The third-order valence-corrected chi connectivity index (χ3v) is 7.03. The molecule has 0 aliphatic carbocycles. The summed E-state index contributed by atoms with van der Waals surface area (Å²) in [4.78, 5) is 14.6. The highest BCUT2D eigenvalue weighted by molar-refractivity contribution is 7.92. The molecule has 1 amide bonds. The van der Waals surface area contributed by atoms with E-state index in [0.717, 1.165) is 36.1 Å². The SMILES string of the molecule is CCc1ccc(OC)c(S(=O)(=O)Nc2ccc3c(c2)N(C(=O)C2CCCO2)CC3)c1. The molecule has 1 atom stereocenters. The van der Waals surface area contributed by atoms with Gasteiger partial charge < -0.3 is 14.4 Å². The number of aryl methyl sites for hydroxylation is 1. The lowest BCUT2D eigenvalue weighted by Crippen LogP contribution is -2.37. The second-order valence-corrected chi connectivity index (χ2v) is 9.18. The minimum absolute atomic E-state index is 0.0522. The van der Waals surface area contributed by atoms with Crippen LogP contribution in [0.1, 0.15) is 30.9 Å². The predicted molar refractivity (Wildman–Crippen MR) is 115 cm³/mol. The molecule has 7 nitrogen and oxygen atoms in total. The summed E-state index contributed by atoms with van der Waals surface area (Å²) in [6.45, 7) is 3.15. The van der Waals surface area contributed by atoms with Crippen LogP contribution in [-0.2, 0) is 32.4 Å². The van der Waals surface area contributed by atoms with Crippen molar-refractivity contribution in [1.29, 1.82) is 0 Å². The Bertz CT molecular complexity index is 1060. The Morgan fingerprint density at radius 2 is 2.10 bits per heavy atom. The third-order valence-electron chi connectivity index (χ3n) is 5.63. The van der Waals surface area contributed by atoms with Crippen LogP contribution < -0.4 is 14.4 Å². The number of hydrogen-bond donors (Lipinski definition) is 1. The molecule has 2 aliphatic heterocycles. The van der Waals surface area contributed by atoms with Crippen LogP contribution in [0.25, 0.3) is 0 Å². The van der Waals surface area contributed by atoms with E-state index in [4.69, 9.17) is 9.47 Å². The van der Waals surface area contributed by atoms with E-state index in [2.05, 4.69) is 4.72 Å². The maximum absolute atomic E-state index is 13.1. The van der Waals surface area contributed by atoms with E-state index >= 15 is 0 Å². The number of fused-ring (bicyclic) bond motifs is 1. The molecule has 0 bridgehead atoms. The van der Waals surface area contributed by atoms with E-state index in [-0.39, 0.29) is 16.6 Å². The minimum atomic E-state index is -3.86. The molecule has 2 aliphatic rings. The number of benzene rings is 2. The zero-order chi connectivity index (χ0) is 21.3. The molecule has 0 radical (unpaired) electrons. The summed E-state index contributed by atoms with van der Waals surface area (Å²) in [6.07, 6.45) is 2.66. The Balaban J connectivity index is 1.62. The second-order valence-electron chi connectivity index (χ2n) is 7.53. The van der Waals surface area contributed by atoms with E-state index in [1.165, 1.54) is 7.11 Å². The molecule has 2 heterocycles. The van der Waals surface area contributed by atoms with E-state index in [9.17, 15) is 13.2 Å². The first-order chi connectivity index (χ1) is 14.4. The fraction of sp³-hybridized carbons (Fsp3) is 0.409. The monoisotopic (exact) mass is 430 g/mol. The van der Waals surface area contributed by atoms with Crippen molar-refractivity contribution in [3.8, 4) is 5.75 Å². The lowest BCUT2D eigenvalue weighted by molar-refractivity contribution is -0.127. The molecule has 0 saturated carbocycles. The van der Waals surface area contributed by atoms with Gasteiger partial charge in [-0.1, -0.05) is 19.1 Å². The van der Waals surface area contributed by atoms with Gasteiger partial charge in [-0.2, -0.15) is 0 Å². The number of sulfonamides is 1. The molecule has 1 saturated heterocycles.